The molecule has 0 unspecified atom stereocenters. The molecule has 128 valence electrons. The topological polar surface area (TPSA) is 104 Å². The van der Waals surface area contributed by atoms with E-state index in [0.717, 1.165) is 4.47 Å². The zero-order chi connectivity index (χ0) is 18.0. The van der Waals surface area contributed by atoms with Crippen LogP contribution in [0.15, 0.2) is 56.5 Å². The third-order valence-electron chi connectivity index (χ3n) is 3.49. The van der Waals surface area contributed by atoms with Crippen molar-refractivity contribution in [1.29, 1.82) is 0 Å². The number of aromatic amines is 2. The van der Waals surface area contributed by atoms with E-state index in [1.54, 1.807) is 37.3 Å². The van der Waals surface area contributed by atoms with Crippen molar-refractivity contribution in [2.24, 2.45) is 0 Å². The number of carbonyl (C=O) groups excluding carboxylic acids is 1. The van der Waals surface area contributed by atoms with E-state index < -0.39 is 17.2 Å². The lowest BCUT2D eigenvalue weighted by molar-refractivity contribution is -0.122. The van der Waals surface area contributed by atoms with E-state index in [2.05, 4.69) is 31.2 Å². The van der Waals surface area contributed by atoms with Crippen LogP contribution in [0.25, 0.3) is 11.0 Å². The molecule has 1 amide bonds. The van der Waals surface area contributed by atoms with E-state index in [1.165, 1.54) is 0 Å². The summed E-state index contributed by atoms with van der Waals surface area (Å²) < 4.78 is 6.50. The molecule has 3 rings (SSSR count). The fourth-order valence-electron chi connectivity index (χ4n) is 2.21. The zero-order valence-electron chi connectivity index (χ0n) is 13.1. The highest BCUT2D eigenvalue weighted by molar-refractivity contribution is 9.10. The molecule has 0 aliphatic rings. The second kappa shape index (κ2) is 6.94. The molecule has 1 aromatic heterocycles. The molecule has 0 bridgehead atoms. The van der Waals surface area contributed by atoms with Gasteiger partial charge >= 0.3 is 11.1 Å². The van der Waals surface area contributed by atoms with Gasteiger partial charge in [-0.1, -0.05) is 15.9 Å². The smallest absolute Gasteiger partial charge is 0.314 e. The Kier molecular flexibility index (Phi) is 4.71. The standard InChI is InChI=1S/C17H14BrN3O4/c1-9(25-12-5-2-10(18)3-6-12)15(22)19-11-4-7-13-14(8-11)21-17(24)16(23)20-13/h2-9H,1H3,(H,19,22)(H,20,23)(H,21,24)/t9-/m0/s1. The highest BCUT2D eigenvalue weighted by Crippen LogP contribution is 2.18. The van der Waals surface area contributed by atoms with Gasteiger partial charge in [0.25, 0.3) is 5.91 Å². The molecule has 2 aromatic carbocycles. The summed E-state index contributed by atoms with van der Waals surface area (Å²) in [6.07, 6.45) is -0.716. The monoisotopic (exact) mass is 403 g/mol. The third kappa shape index (κ3) is 3.97. The van der Waals surface area contributed by atoms with E-state index in [1.807, 2.05) is 12.1 Å². The van der Waals surface area contributed by atoms with Gasteiger partial charge in [0.05, 0.1) is 11.0 Å². The first-order valence-electron chi connectivity index (χ1n) is 7.42. The number of ether oxygens (including phenoxy) is 1. The number of anilines is 1. The molecule has 7 nitrogen and oxygen atoms in total. The first kappa shape index (κ1) is 17.0. The highest BCUT2D eigenvalue weighted by atomic mass is 79.9. The summed E-state index contributed by atoms with van der Waals surface area (Å²) >= 11 is 3.33. The van der Waals surface area contributed by atoms with Crippen LogP contribution in [0.3, 0.4) is 0 Å². The molecule has 25 heavy (non-hydrogen) atoms. The lowest BCUT2D eigenvalue weighted by Gasteiger charge is -2.15. The quantitative estimate of drug-likeness (QED) is 0.581. The van der Waals surface area contributed by atoms with Crippen LogP contribution < -0.4 is 21.2 Å². The van der Waals surface area contributed by atoms with Crippen LogP contribution in [0.4, 0.5) is 5.69 Å². The van der Waals surface area contributed by atoms with Crippen molar-refractivity contribution >= 4 is 38.6 Å². The SMILES string of the molecule is C[C@H](Oc1ccc(Br)cc1)C(=O)Nc1ccc2[nH]c(=O)c(=O)[nH]c2c1. The number of fused-ring (bicyclic) bond motifs is 1. The molecular weight excluding hydrogens is 390 g/mol. The lowest BCUT2D eigenvalue weighted by atomic mass is 10.2. The maximum atomic E-state index is 12.3. The van der Waals surface area contributed by atoms with Crippen LogP contribution in [0, 0.1) is 0 Å². The van der Waals surface area contributed by atoms with Crippen LogP contribution in [-0.2, 0) is 4.79 Å². The van der Waals surface area contributed by atoms with Crippen molar-refractivity contribution in [1.82, 2.24) is 9.97 Å². The molecule has 3 aromatic rings. The second-order valence-electron chi connectivity index (χ2n) is 5.37. The number of aromatic nitrogens is 2. The summed E-state index contributed by atoms with van der Waals surface area (Å²) in [7, 11) is 0. The summed E-state index contributed by atoms with van der Waals surface area (Å²) in [6, 6.07) is 11.9. The maximum absolute atomic E-state index is 12.3. The van der Waals surface area contributed by atoms with E-state index >= 15 is 0 Å². The third-order valence-corrected chi connectivity index (χ3v) is 4.01. The van der Waals surface area contributed by atoms with E-state index in [4.69, 9.17) is 4.74 Å². The number of amides is 1. The molecule has 3 N–H and O–H groups in total. The van der Waals surface area contributed by atoms with Crippen molar-refractivity contribution < 1.29 is 9.53 Å². The molecule has 0 aliphatic carbocycles. The largest absolute Gasteiger partial charge is 0.481 e. The molecule has 1 heterocycles. The molecule has 0 aliphatic heterocycles. The fraction of sp³-hybridized carbons (Fsp3) is 0.118. The van der Waals surface area contributed by atoms with Crippen LogP contribution in [-0.4, -0.2) is 22.0 Å². The van der Waals surface area contributed by atoms with Crippen LogP contribution >= 0.6 is 15.9 Å². The molecule has 1 atom stereocenters. The number of hydrogen-bond acceptors (Lipinski definition) is 4. The highest BCUT2D eigenvalue weighted by Gasteiger charge is 2.15. The zero-order valence-corrected chi connectivity index (χ0v) is 14.7. The Morgan fingerprint density at radius 2 is 1.68 bits per heavy atom. The van der Waals surface area contributed by atoms with Crippen molar-refractivity contribution in [3.63, 3.8) is 0 Å². The van der Waals surface area contributed by atoms with Crippen molar-refractivity contribution in [3.8, 4) is 5.75 Å². The van der Waals surface area contributed by atoms with Gasteiger partial charge in [-0.2, -0.15) is 0 Å². The number of H-pyrrole nitrogens is 2. The number of rotatable bonds is 4. The predicted molar refractivity (Wildman–Crippen MR) is 98.1 cm³/mol. The van der Waals surface area contributed by atoms with E-state index in [9.17, 15) is 14.4 Å². The lowest BCUT2D eigenvalue weighted by Crippen LogP contribution is -2.30. The van der Waals surface area contributed by atoms with Crippen LogP contribution in [0.5, 0.6) is 5.75 Å². The number of nitrogens with one attached hydrogen (secondary N) is 3. The molecule has 0 radical (unpaired) electrons. The summed E-state index contributed by atoms with van der Waals surface area (Å²) in [5, 5.41) is 2.71. The van der Waals surface area contributed by atoms with Gasteiger partial charge in [-0.05, 0) is 49.4 Å². The molecule has 0 saturated heterocycles. The summed E-state index contributed by atoms with van der Waals surface area (Å²) in [4.78, 5) is 39.9. The van der Waals surface area contributed by atoms with Gasteiger partial charge < -0.3 is 20.0 Å². The minimum Gasteiger partial charge on any atom is -0.481 e. The van der Waals surface area contributed by atoms with Gasteiger partial charge in [-0.25, -0.2) is 0 Å². The first-order chi connectivity index (χ1) is 11.9. The number of carbonyl (C=O) groups is 1. The molecule has 0 spiro atoms. The minimum atomic E-state index is -0.747. The maximum Gasteiger partial charge on any atom is 0.314 e. The van der Waals surface area contributed by atoms with Crippen molar-refractivity contribution in [2.75, 3.05) is 5.32 Å². The summed E-state index contributed by atoms with van der Waals surface area (Å²) in [5.41, 5.74) is -0.0965. The second-order valence-corrected chi connectivity index (χ2v) is 6.29. The van der Waals surface area contributed by atoms with Crippen molar-refractivity contribution in [3.05, 3.63) is 67.6 Å². The van der Waals surface area contributed by atoms with Gasteiger partial charge in [0, 0.05) is 10.2 Å². The van der Waals surface area contributed by atoms with Crippen LogP contribution in [0.1, 0.15) is 6.92 Å². The summed E-state index contributed by atoms with van der Waals surface area (Å²) in [5.74, 6) is 0.236. The average Bonchev–Trinajstić information content (AvgIpc) is 2.58. The molecule has 0 fully saturated rings. The Labute approximate surface area is 150 Å². The fourth-order valence-corrected chi connectivity index (χ4v) is 2.47. The van der Waals surface area contributed by atoms with Crippen molar-refractivity contribution in [2.45, 2.75) is 13.0 Å². The number of benzene rings is 2. The Hall–Kier alpha value is -2.87. The van der Waals surface area contributed by atoms with E-state index in [0.29, 0.717) is 22.5 Å². The summed E-state index contributed by atoms with van der Waals surface area (Å²) in [6.45, 7) is 1.64. The van der Waals surface area contributed by atoms with Crippen LogP contribution in [0.2, 0.25) is 0 Å². The average molecular weight is 404 g/mol. The predicted octanol–water partition coefficient (Wildman–Crippen LogP) is 2.38. The first-order valence-corrected chi connectivity index (χ1v) is 8.21. The molecule has 8 heteroatoms. The van der Waals surface area contributed by atoms with E-state index in [-0.39, 0.29) is 5.91 Å². The van der Waals surface area contributed by atoms with Gasteiger partial charge in [0.1, 0.15) is 5.75 Å². The number of halogens is 1. The Bertz CT molecular complexity index is 1040. The Morgan fingerprint density at radius 1 is 1.04 bits per heavy atom. The Balaban J connectivity index is 1.74. The van der Waals surface area contributed by atoms with Gasteiger partial charge in [-0.3, -0.25) is 14.4 Å². The minimum absolute atomic E-state index is 0.339. The molecule has 0 saturated carbocycles. The normalized spacial score (nSPS) is 11.9. The Morgan fingerprint density at radius 3 is 2.36 bits per heavy atom. The van der Waals surface area contributed by atoms with Gasteiger partial charge in [0.2, 0.25) is 0 Å². The number of hydrogen-bond donors (Lipinski definition) is 3. The van der Waals surface area contributed by atoms with Gasteiger partial charge in [0.15, 0.2) is 6.10 Å². The van der Waals surface area contributed by atoms with Gasteiger partial charge in [-0.15, -0.1) is 0 Å². The molecular formula is C17H14BrN3O4.